The van der Waals surface area contributed by atoms with Gasteiger partial charge in [-0.15, -0.1) is 0 Å². The minimum absolute atomic E-state index is 0.00604. The normalized spacial score (nSPS) is 19.7. The molecule has 0 aromatic heterocycles. The molecule has 0 aliphatic heterocycles. The Bertz CT molecular complexity index is 293. The van der Waals surface area contributed by atoms with Crippen LogP contribution >= 0.6 is 8.22 Å². The lowest BCUT2D eigenvalue weighted by Crippen LogP contribution is -2.30. The predicted octanol–water partition coefficient (Wildman–Crippen LogP) is 0.451. The van der Waals surface area contributed by atoms with Gasteiger partial charge in [-0.05, 0) is 33.5 Å². The van der Waals surface area contributed by atoms with Crippen molar-refractivity contribution in [2.75, 3.05) is 20.4 Å². The number of rotatable bonds is 8. The van der Waals surface area contributed by atoms with Crippen LogP contribution in [0.5, 0.6) is 0 Å². The summed E-state index contributed by atoms with van der Waals surface area (Å²) in [5.41, 5.74) is 5.69. The second-order valence-corrected chi connectivity index (χ2v) is 6.69. The third-order valence-corrected chi connectivity index (χ3v) is 4.73. The molecule has 2 atom stereocenters. The van der Waals surface area contributed by atoms with E-state index in [0.717, 1.165) is 6.04 Å². The first-order valence-electron chi connectivity index (χ1n) is 6.23. The molecule has 1 fully saturated rings. The lowest BCUT2D eigenvalue weighted by molar-refractivity contribution is -0.108. The van der Waals surface area contributed by atoms with E-state index >= 15 is 0 Å². The van der Waals surface area contributed by atoms with Crippen LogP contribution in [0.3, 0.4) is 0 Å². The number of hydrogen-bond acceptors (Lipinski definition) is 5. The first kappa shape index (κ1) is 15.5. The van der Waals surface area contributed by atoms with Crippen LogP contribution in [0.4, 0.5) is 0 Å². The van der Waals surface area contributed by atoms with E-state index in [-0.39, 0.29) is 14.3 Å². The highest BCUT2D eigenvalue weighted by atomic mass is 31.1. The number of carbonyl (C=O) groups is 1. The van der Waals surface area contributed by atoms with Gasteiger partial charge >= 0.3 is 0 Å². The second kappa shape index (κ2) is 7.79. The number of amidine groups is 1. The molecule has 7 heteroatoms. The highest BCUT2D eigenvalue weighted by Crippen LogP contribution is 2.40. The van der Waals surface area contributed by atoms with E-state index in [0.29, 0.717) is 25.3 Å². The fraction of sp³-hybridized carbons (Fsp3) is 0.818. The van der Waals surface area contributed by atoms with Gasteiger partial charge in [-0.3, -0.25) is 19.5 Å². The zero-order valence-electron chi connectivity index (χ0n) is 11.4. The molecule has 1 rings (SSSR count). The number of amides is 1. The van der Waals surface area contributed by atoms with Crippen molar-refractivity contribution in [2.24, 2.45) is 10.7 Å². The van der Waals surface area contributed by atoms with Crippen molar-refractivity contribution in [3.05, 3.63) is 0 Å². The lowest BCUT2D eigenvalue weighted by atomic mass is 10.2. The average Bonchev–Trinajstić information content (AvgIpc) is 3.11. The van der Waals surface area contributed by atoms with Gasteiger partial charge in [-0.2, -0.15) is 0 Å². The third kappa shape index (κ3) is 5.87. The summed E-state index contributed by atoms with van der Waals surface area (Å²) >= 11 is 0. The molecule has 0 spiro atoms. The SMILES string of the molecule is CC(N)CC(=NCNP(C)N(C)C1CC1)NC=O. The minimum Gasteiger partial charge on any atom is -0.328 e. The summed E-state index contributed by atoms with van der Waals surface area (Å²) in [6, 6.07) is 0.739. The molecule has 1 aliphatic rings. The fourth-order valence-electron chi connectivity index (χ4n) is 1.58. The van der Waals surface area contributed by atoms with Crippen LogP contribution in [0.2, 0.25) is 0 Å². The van der Waals surface area contributed by atoms with E-state index in [1.165, 1.54) is 12.8 Å². The van der Waals surface area contributed by atoms with Gasteiger partial charge in [0.1, 0.15) is 5.84 Å². The fourth-order valence-corrected chi connectivity index (χ4v) is 2.80. The Kier molecular flexibility index (Phi) is 6.71. The molecule has 4 N–H and O–H groups in total. The summed E-state index contributed by atoms with van der Waals surface area (Å²) in [6.07, 6.45) is 3.83. The molecule has 1 aliphatic carbocycles. The number of nitrogens with one attached hydrogen (secondary N) is 2. The van der Waals surface area contributed by atoms with E-state index in [2.05, 4.69) is 33.8 Å². The van der Waals surface area contributed by atoms with E-state index in [9.17, 15) is 4.79 Å². The van der Waals surface area contributed by atoms with Crippen LogP contribution in [0.25, 0.3) is 0 Å². The number of carbonyl (C=O) groups excluding carboxylic acids is 1. The predicted molar refractivity (Wildman–Crippen MR) is 76.5 cm³/mol. The van der Waals surface area contributed by atoms with Crippen LogP contribution in [-0.4, -0.2) is 49.4 Å². The molecule has 0 aromatic rings. The maximum atomic E-state index is 10.4. The Hall–Kier alpha value is -0.550. The quantitative estimate of drug-likeness (QED) is 0.259. The topological polar surface area (TPSA) is 82.8 Å². The van der Waals surface area contributed by atoms with Gasteiger partial charge in [-0.25, -0.2) is 0 Å². The Morgan fingerprint density at radius 1 is 1.67 bits per heavy atom. The van der Waals surface area contributed by atoms with Crippen molar-refractivity contribution < 1.29 is 4.79 Å². The van der Waals surface area contributed by atoms with Gasteiger partial charge in [0.25, 0.3) is 0 Å². The van der Waals surface area contributed by atoms with E-state index in [1.807, 2.05) is 6.92 Å². The molecule has 6 nitrogen and oxygen atoms in total. The van der Waals surface area contributed by atoms with Crippen molar-refractivity contribution >= 4 is 20.5 Å². The number of aliphatic imine (C=N–C) groups is 1. The number of nitrogens with two attached hydrogens (primary N) is 1. The molecule has 1 saturated carbocycles. The number of hydrogen-bond donors (Lipinski definition) is 3. The largest absolute Gasteiger partial charge is 0.328 e. The summed E-state index contributed by atoms with van der Waals surface area (Å²) in [5.74, 6) is 0.643. The Morgan fingerprint density at radius 3 is 2.83 bits per heavy atom. The lowest BCUT2D eigenvalue weighted by Gasteiger charge is -2.24. The van der Waals surface area contributed by atoms with Crippen molar-refractivity contribution in [3.8, 4) is 0 Å². The summed E-state index contributed by atoms with van der Waals surface area (Å²) in [5, 5.41) is 5.97. The van der Waals surface area contributed by atoms with Gasteiger partial charge in [-0.1, -0.05) is 0 Å². The van der Waals surface area contributed by atoms with E-state index in [4.69, 9.17) is 5.73 Å². The Balaban J connectivity index is 2.32. The summed E-state index contributed by atoms with van der Waals surface area (Å²) in [6.45, 7) is 4.59. The summed E-state index contributed by atoms with van der Waals surface area (Å²) in [7, 11) is 1.80. The molecular formula is C11H24N5OP. The maximum Gasteiger partial charge on any atom is 0.212 e. The molecule has 0 radical (unpaired) electrons. The Labute approximate surface area is 110 Å². The van der Waals surface area contributed by atoms with E-state index in [1.54, 1.807) is 0 Å². The van der Waals surface area contributed by atoms with Crippen molar-refractivity contribution in [1.29, 1.82) is 0 Å². The summed E-state index contributed by atoms with van der Waals surface area (Å²) in [4.78, 5) is 14.8. The molecule has 2 unspecified atom stereocenters. The van der Waals surface area contributed by atoms with Gasteiger partial charge in [0, 0.05) is 26.7 Å². The van der Waals surface area contributed by atoms with Gasteiger partial charge in [0.15, 0.2) is 0 Å². The van der Waals surface area contributed by atoms with Crippen molar-refractivity contribution in [1.82, 2.24) is 15.1 Å². The molecule has 0 aromatic carbocycles. The zero-order valence-corrected chi connectivity index (χ0v) is 12.3. The first-order valence-corrected chi connectivity index (χ1v) is 7.97. The zero-order chi connectivity index (χ0) is 13.5. The average molecular weight is 273 g/mol. The maximum absolute atomic E-state index is 10.4. The van der Waals surface area contributed by atoms with Crippen LogP contribution in [-0.2, 0) is 4.79 Å². The smallest absolute Gasteiger partial charge is 0.212 e. The van der Waals surface area contributed by atoms with Gasteiger partial charge in [0.05, 0.1) is 6.67 Å². The second-order valence-electron chi connectivity index (χ2n) is 4.69. The highest BCUT2D eigenvalue weighted by Gasteiger charge is 2.28. The monoisotopic (exact) mass is 273 g/mol. The van der Waals surface area contributed by atoms with Crippen molar-refractivity contribution in [2.45, 2.75) is 38.3 Å². The van der Waals surface area contributed by atoms with Crippen LogP contribution in [0.15, 0.2) is 4.99 Å². The van der Waals surface area contributed by atoms with E-state index < -0.39 is 0 Å². The van der Waals surface area contributed by atoms with Crippen LogP contribution in [0, 0.1) is 0 Å². The minimum atomic E-state index is -0.350. The highest BCUT2D eigenvalue weighted by molar-refractivity contribution is 7.52. The van der Waals surface area contributed by atoms with Crippen molar-refractivity contribution in [3.63, 3.8) is 0 Å². The van der Waals surface area contributed by atoms with Gasteiger partial charge in [0.2, 0.25) is 6.41 Å². The molecular weight excluding hydrogens is 249 g/mol. The first-order chi connectivity index (χ1) is 8.54. The molecule has 0 saturated heterocycles. The molecule has 18 heavy (non-hydrogen) atoms. The number of nitrogens with zero attached hydrogens (tertiary/aromatic N) is 2. The van der Waals surface area contributed by atoms with Crippen LogP contribution in [0.1, 0.15) is 26.2 Å². The third-order valence-electron chi connectivity index (χ3n) is 2.86. The molecule has 1 amide bonds. The molecule has 0 bridgehead atoms. The molecule has 104 valence electrons. The Morgan fingerprint density at radius 2 is 2.33 bits per heavy atom. The summed E-state index contributed by atoms with van der Waals surface area (Å²) < 4.78 is 2.38. The van der Waals surface area contributed by atoms with Crippen LogP contribution < -0.4 is 16.1 Å². The standard InChI is InChI=1S/C11H24N5OP/c1-9(12)6-11(14-8-17)13-7-15-18(3)16(2)10-4-5-10/h8-10,15H,4-7,12H2,1-3H3,(H,13,14,17). The molecule has 0 heterocycles. The van der Waals surface area contributed by atoms with Gasteiger partial charge < -0.3 is 11.1 Å².